The number of fused-ring (bicyclic) bond motifs is 1. The van der Waals surface area contributed by atoms with Crippen LogP contribution in [0, 0.1) is 6.92 Å². The van der Waals surface area contributed by atoms with Crippen molar-refractivity contribution in [2.24, 2.45) is 0 Å². The number of benzene rings is 2. The fraction of sp³-hybridized carbons (Fsp3) is 0.136. The number of aryl methyl sites for hydroxylation is 1. The van der Waals surface area contributed by atoms with Gasteiger partial charge in [0.1, 0.15) is 6.54 Å². The molecule has 0 bridgehead atoms. The molecule has 0 radical (unpaired) electrons. The number of anilines is 1. The Labute approximate surface area is 180 Å². The van der Waals surface area contributed by atoms with E-state index in [0.29, 0.717) is 11.3 Å². The normalized spacial score (nSPS) is 11.6. The van der Waals surface area contributed by atoms with Crippen molar-refractivity contribution < 1.29 is 18.0 Å². The van der Waals surface area contributed by atoms with Crippen molar-refractivity contribution in [2.75, 3.05) is 5.32 Å². The molecule has 4 aromatic rings. The molecule has 0 spiro atoms. The summed E-state index contributed by atoms with van der Waals surface area (Å²) in [5, 5.41) is 7.26. The van der Waals surface area contributed by atoms with Crippen LogP contribution < -0.4 is 5.32 Å². The van der Waals surface area contributed by atoms with Crippen molar-refractivity contribution in [1.82, 2.24) is 14.8 Å². The van der Waals surface area contributed by atoms with Crippen molar-refractivity contribution in [1.29, 1.82) is 0 Å². The largest absolute Gasteiger partial charge is 0.417 e. The van der Waals surface area contributed by atoms with Gasteiger partial charge >= 0.3 is 6.18 Å². The standard InChI is InChI=1S/C22H16ClF3N4O/c1-13-20-16(14-5-3-2-4-6-14)9-10-27-21(20)30(29-13)12-19(31)28-15-7-8-18(23)17(11-15)22(24,25)26/h2-11H,12H2,1H3,(H,28,31). The number of aromatic nitrogens is 3. The van der Waals surface area contributed by atoms with Crippen molar-refractivity contribution in [2.45, 2.75) is 19.6 Å². The molecule has 1 amide bonds. The molecule has 0 saturated carbocycles. The van der Waals surface area contributed by atoms with E-state index in [-0.39, 0.29) is 12.2 Å². The van der Waals surface area contributed by atoms with Crippen molar-refractivity contribution >= 4 is 34.2 Å². The third-order valence-electron chi connectivity index (χ3n) is 4.74. The van der Waals surface area contributed by atoms with Crippen LogP contribution in [0.15, 0.2) is 60.8 Å². The van der Waals surface area contributed by atoms with Crippen LogP contribution in [-0.4, -0.2) is 20.7 Å². The van der Waals surface area contributed by atoms with Crippen LogP contribution in [0.2, 0.25) is 5.02 Å². The predicted molar refractivity (Wildman–Crippen MR) is 113 cm³/mol. The van der Waals surface area contributed by atoms with Gasteiger partial charge in [-0.2, -0.15) is 18.3 Å². The summed E-state index contributed by atoms with van der Waals surface area (Å²) in [7, 11) is 0. The minimum atomic E-state index is -4.62. The van der Waals surface area contributed by atoms with Crippen LogP contribution in [0.5, 0.6) is 0 Å². The third kappa shape index (κ3) is 4.25. The highest BCUT2D eigenvalue weighted by atomic mass is 35.5. The van der Waals surface area contributed by atoms with Gasteiger partial charge in [-0.15, -0.1) is 0 Å². The number of alkyl halides is 3. The van der Waals surface area contributed by atoms with E-state index in [1.807, 2.05) is 43.3 Å². The third-order valence-corrected chi connectivity index (χ3v) is 5.07. The van der Waals surface area contributed by atoms with Gasteiger partial charge in [0.2, 0.25) is 5.91 Å². The number of rotatable bonds is 4. The van der Waals surface area contributed by atoms with Gasteiger partial charge in [0.05, 0.1) is 16.3 Å². The zero-order chi connectivity index (χ0) is 22.2. The van der Waals surface area contributed by atoms with Gasteiger partial charge in [0.15, 0.2) is 5.65 Å². The Hall–Kier alpha value is -3.39. The summed E-state index contributed by atoms with van der Waals surface area (Å²) in [4.78, 5) is 16.9. The lowest BCUT2D eigenvalue weighted by atomic mass is 10.0. The lowest BCUT2D eigenvalue weighted by Crippen LogP contribution is -2.20. The first-order valence-electron chi connectivity index (χ1n) is 9.28. The number of nitrogens with zero attached hydrogens (tertiary/aromatic N) is 3. The van der Waals surface area contributed by atoms with E-state index in [9.17, 15) is 18.0 Å². The number of hydrogen-bond donors (Lipinski definition) is 1. The molecule has 31 heavy (non-hydrogen) atoms. The first kappa shape index (κ1) is 20.9. The minimum Gasteiger partial charge on any atom is -0.324 e. The number of carbonyl (C=O) groups is 1. The molecule has 158 valence electrons. The molecule has 0 aliphatic carbocycles. The summed E-state index contributed by atoms with van der Waals surface area (Å²) in [5.41, 5.74) is 2.11. The summed E-state index contributed by atoms with van der Waals surface area (Å²) in [6, 6.07) is 14.8. The Morgan fingerprint density at radius 3 is 2.58 bits per heavy atom. The molecule has 4 rings (SSSR count). The summed E-state index contributed by atoms with van der Waals surface area (Å²) in [6.07, 6.45) is -2.99. The molecule has 1 N–H and O–H groups in total. The average Bonchev–Trinajstić information content (AvgIpc) is 3.05. The number of carbonyl (C=O) groups excluding carboxylic acids is 1. The van der Waals surface area contributed by atoms with Crippen molar-refractivity contribution in [3.05, 3.63) is 77.1 Å². The monoisotopic (exact) mass is 444 g/mol. The van der Waals surface area contributed by atoms with Gasteiger partial charge in [0.25, 0.3) is 0 Å². The van der Waals surface area contributed by atoms with Gasteiger partial charge in [-0.25, -0.2) is 9.67 Å². The fourth-order valence-corrected chi connectivity index (χ4v) is 3.63. The lowest BCUT2D eigenvalue weighted by Gasteiger charge is -2.12. The van der Waals surface area contributed by atoms with Crippen LogP contribution in [0.3, 0.4) is 0 Å². The highest BCUT2D eigenvalue weighted by Gasteiger charge is 2.33. The second-order valence-corrected chi connectivity index (χ2v) is 7.31. The van der Waals surface area contributed by atoms with Gasteiger partial charge < -0.3 is 5.32 Å². The Morgan fingerprint density at radius 2 is 1.87 bits per heavy atom. The summed E-state index contributed by atoms with van der Waals surface area (Å²) >= 11 is 5.63. The molecule has 0 unspecified atom stereocenters. The van der Waals surface area contributed by atoms with Gasteiger partial charge in [0, 0.05) is 17.3 Å². The molecule has 0 fully saturated rings. The molecule has 0 aliphatic heterocycles. The molecular weight excluding hydrogens is 429 g/mol. The van der Waals surface area contributed by atoms with Gasteiger partial charge in [-0.1, -0.05) is 41.9 Å². The van der Waals surface area contributed by atoms with E-state index in [1.165, 1.54) is 10.7 Å². The maximum Gasteiger partial charge on any atom is 0.417 e. The number of pyridine rings is 1. The van der Waals surface area contributed by atoms with E-state index in [4.69, 9.17) is 11.6 Å². The second-order valence-electron chi connectivity index (χ2n) is 6.91. The maximum absolute atomic E-state index is 13.0. The smallest absolute Gasteiger partial charge is 0.324 e. The van der Waals surface area contributed by atoms with Crippen LogP contribution >= 0.6 is 11.6 Å². The topological polar surface area (TPSA) is 59.8 Å². The molecule has 5 nitrogen and oxygen atoms in total. The summed E-state index contributed by atoms with van der Waals surface area (Å²) in [6.45, 7) is 1.61. The molecular formula is C22H16ClF3N4O. The molecule has 9 heteroatoms. The number of halogens is 4. The van der Waals surface area contributed by atoms with Gasteiger partial charge in [-0.05, 0) is 42.3 Å². The maximum atomic E-state index is 13.0. The SMILES string of the molecule is Cc1nn(CC(=O)Nc2ccc(Cl)c(C(F)(F)F)c2)c2nccc(-c3ccccc3)c12. The molecule has 0 atom stereocenters. The Kier molecular flexibility index (Phi) is 5.41. The predicted octanol–water partition coefficient (Wildman–Crippen LogP) is 5.72. The number of hydrogen-bond acceptors (Lipinski definition) is 3. The van der Waals surface area contributed by atoms with Crippen LogP contribution in [0.1, 0.15) is 11.3 Å². The van der Waals surface area contributed by atoms with Crippen LogP contribution in [0.4, 0.5) is 18.9 Å². The highest BCUT2D eigenvalue weighted by molar-refractivity contribution is 6.31. The van der Waals surface area contributed by atoms with Crippen LogP contribution in [0.25, 0.3) is 22.2 Å². The quantitative estimate of drug-likeness (QED) is 0.438. The van der Waals surface area contributed by atoms with Crippen LogP contribution in [-0.2, 0) is 17.5 Å². The second kappa shape index (κ2) is 8.03. The Morgan fingerprint density at radius 1 is 1.13 bits per heavy atom. The van der Waals surface area contributed by atoms with Crippen molar-refractivity contribution in [3.8, 4) is 11.1 Å². The van der Waals surface area contributed by atoms with E-state index in [2.05, 4.69) is 15.4 Å². The average molecular weight is 445 g/mol. The number of nitrogens with one attached hydrogen (secondary N) is 1. The lowest BCUT2D eigenvalue weighted by molar-refractivity contribution is -0.137. The first-order chi connectivity index (χ1) is 14.7. The minimum absolute atomic E-state index is 0.00663. The fourth-order valence-electron chi connectivity index (χ4n) is 3.41. The van der Waals surface area contributed by atoms with E-state index >= 15 is 0 Å². The number of amides is 1. The van der Waals surface area contributed by atoms with E-state index < -0.39 is 22.7 Å². The molecule has 2 aromatic heterocycles. The molecule has 2 heterocycles. The molecule has 2 aromatic carbocycles. The first-order valence-corrected chi connectivity index (χ1v) is 9.66. The summed E-state index contributed by atoms with van der Waals surface area (Å²) < 4.78 is 40.6. The highest BCUT2D eigenvalue weighted by Crippen LogP contribution is 2.36. The Balaban J connectivity index is 1.62. The van der Waals surface area contributed by atoms with E-state index in [1.54, 1.807) is 6.20 Å². The molecule has 0 saturated heterocycles. The van der Waals surface area contributed by atoms with Crippen molar-refractivity contribution in [3.63, 3.8) is 0 Å². The Bertz CT molecular complexity index is 1270. The van der Waals surface area contributed by atoms with E-state index in [0.717, 1.165) is 28.6 Å². The molecule has 0 aliphatic rings. The zero-order valence-electron chi connectivity index (χ0n) is 16.2. The summed E-state index contributed by atoms with van der Waals surface area (Å²) in [5.74, 6) is -0.535. The zero-order valence-corrected chi connectivity index (χ0v) is 17.0. The van der Waals surface area contributed by atoms with Gasteiger partial charge in [-0.3, -0.25) is 4.79 Å².